The van der Waals surface area contributed by atoms with Gasteiger partial charge in [0.25, 0.3) is 0 Å². The monoisotopic (exact) mass is 312 g/mol. The molecule has 98 valence electrons. The van der Waals surface area contributed by atoms with E-state index < -0.39 is 0 Å². The highest BCUT2D eigenvalue weighted by molar-refractivity contribution is 9.10. The van der Waals surface area contributed by atoms with Crippen molar-refractivity contribution in [2.45, 2.75) is 18.9 Å². The standard InChI is InChI=1S/C13H17BrN2O2/c1-16(11-3-4-11)13(17)8-15-10-5-9(14)6-12(7-10)18-2/h5-7,11,15H,3-4,8H2,1-2H3. The van der Waals surface area contributed by atoms with Crippen LogP contribution in [-0.2, 0) is 4.79 Å². The van der Waals surface area contributed by atoms with Crippen molar-refractivity contribution in [2.24, 2.45) is 0 Å². The number of hydrogen-bond donors (Lipinski definition) is 1. The largest absolute Gasteiger partial charge is 0.497 e. The maximum atomic E-state index is 11.9. The average Bonchev–Trinajstić information content (AvgIpc) is 3.18. The lowest BCUT2D eigenvalue weighted by atomic mass is 10.3. The summed E-state index contributed by atoms with van der Waals surface area (Å²) in [7, 11) is 3.49. The van der Waals surface area contributed by atoms with Gasteiger partial charge in [-0.05, 0) is 25.0 Å². The number of likely N-dealkylation sites (N-methyl/N-ethyl adjacent to an activating group) is 1. The summed E-state index contributed by atoms with van der Waals surface area (Å²) >= 11 is 3.41. The lowest BCUT2D eigenvalue weighted by Gasteiger charge is -2.17. The first-order chi connectivity index (χ1) is 8.60. The Morgan fingerprint density at radius 3 is 2.83 bits per heavy atom. The zero-order chi connectivity index (χ0) is 13.1. The third-order valence-corrected chi connectivity index (χ3v) is 3.50. The van der Waals surface area contributed by atoms with Gasteiger partial charge in [0.15, 0.2) is 0 Å². The van der Waals surface area contributed by atoms with Gasteiger partial charge in [-0.1, -0.05) is 15.9 Å². The molecule has 1 N–H and O–H groups in total. The molecule has 0 radical (unpaired) electrons. The number of amides is 1. The lowest BCUT2D eigenvalue weighted by molar-refractivity contribution is -0.128. The molecule has 18 heavy (non-hydrogen) atoms. The summed E-state index contributed by atoms with van der Waals surface area (Å²) in [6.45, 7) is 0.312. The fraction of sp³-hybridized carbons (Fsp3) is 0.462. The maximum Gasteiger partial charge on any atom is 0.241 e. The number of carbonyl (C=O) groups is 1. The van der Waals surface area contributed by atoms with Crippen LogP contribution in [0, 0.1) is 0 Å². The van der Waals surface area contributed by atoms with Crippen molar-refractivity contribution in [1.29, 1.82) is 0 Å². The topological polar surface area (TPSA) is 41.6 Å². The molecule has 2 rings (SSSR count). The zero-order valence-electron chi connectivity index (χ0n) is 10.6. The Morgan fingerprint density at radius 2 is 2.22 bits per heavy atom. The minimum absolute atomic E-state index is 0.122. The normalized spacial score (nSPS) is 14.2. The van der Waals surface area contributed by atoms with E-state index in [1.165, 1.54) is 0 Å². The summed E-state index contributed by atoms with van der Waals surface area (Å²) in [6.07, 6.45) is 2.26. The first-order valence-corrected chi connectivity index (χ1v) is 6.73. The number of ether oxygens (including phenoxy) is 1. The van der Waals surface area contributed by atoms with E-state index in [0.29, 0.717) is 12.6 Å². The summed E-state index contributed by atoms with van der Waals surface area (Å²) in [5, 5.41) is 3.12. The highest BCUT2D eigenvalue weighted by Crippen LogP contribution is 2.26. The van der Waals surface area contributed by atoms with Crippen LogP contribution in [0.5, 0.6) is 5.75 Å². The van der Waals surface area contributed by atoms with Crippen molar-refractivity contribution in [2.75, 3.05) is 26.0 Å². The smallest absolute Gasteiger partial charge is 0.241 e. The van der Waals surface area contributed by atoms with Gasteiger partial charge in [-0.2, -0.15) is 0 Å². The summed E-state index contributed by atoms with van der Waals surface area (Å²) < 4.78 is 6.10. The minimum atomic E-state index is 0.122. The van der Waals surface area contributed by atoms with Crippen molar-refractivity contribution in [1.82, 2.24) is 4.90 Å². The number of halogens is 1. The van der Waals surface area contributed by atoms with Gasteiger partial charge in [-0.25, -0.2) is 0 Å². The van der Waals surface area contributed by atoms with E-state index in [1.807, 2.05) is 30.1 Å². The highest BCUT2D eigenvalue weighted by Gasteiger charge is 2.29. The van der Waals surface area contributed by atoms with E-state index in [0.717, 1.165) is 28.8 Å². The predicted octanol–water partition coefficient (Wildman–Crippen LogP) is 2.49. The van der Waals surface area contributed by atoms with Gasteiger partial charge in [0.1, 0.15) is 5.75 Å². The summed E-state index contributed by atoms with van der Waals surface area (Å²) in [5.41, 5.74) is 0.874. The molecule has 1 saturated carbocycles. The SMILES string of the molecule is COc1cc(Br)cc(NCC(=O)N(C)C2CC2)c1. The molecule has 1 aromatic rings. The maximum absolute atomic E-state index is 11.9. The van der Waals surface area contributed by atoms with Gasteiger partial charge in [0.05, 0.1) is 13.7 Å². The molecular formula is C13H17BrN2O2. The molecule has 4 nitrogen and oxygen atoms in total. The Kier molecular flexibility index (Phi) is 4.11. The number of nitrogens with zero attached hydrogens (tertiary/aromatic N) is 1. The number of anilines is 1. The number of rotatable bonds is 5. The Balaban J connectivity index is 1.92. The van der Waals surface area contributed by atoms with E-state index in [4.69, 9.17) is 4.74 Å². The van der Waals surface area contributed by atoms with Gasteiger partial charge >= 0.3 is 0 Å². The third kappa shape index (κ3) is 3.38. The molecule has 0 atom stereocenters. The minimum Gasteiger partial charge on any atom is -0.497 e. The van der Waals surface area contributed by atoms with Crippen LogP contribution in [0.4, 0.5) is 5.69 Å². The fourth-order valence-electron chi connectivity index (χ4n) is 1.75. The van der Waals surface area contributed by atoms with Crippen LogP contribution in [0.3, 0.4) is 0 Å². The second-order valence-electron chi connectivity index (χ2n) is 4.47. The second-order valence-corrected chi connectivity index (χ2v) is 5.38. The Morgan fingerprint density at radius 1 is 1.50 bits per heavy atom. The summed E-state index contributed by atoms with van der Waals surface area (Å²) in [5.74, 6) is 0.881. The van der Waals surface area contributed by atoms with Crippen LogP contribution >= 0.6 is 15.9 Å². The Hall–Kier alpha value is -1.23. The van der Waals surface area contributed by atoms with Crippen LogP contribution in [0.1, 0.15) is 12.8 Å². The molecule has 1 fully saturated rings. The molecule has 5 heteroatoms. The first kappa shape index (κ1) is 13.2. The van der Waals surface area contributed by atoms with Crippen molar-refractivity contribution in [3.05, 3.63) is 22.7 Å². The molecule has 0 saturated heterocycles. The highest BCUT2D eigenvalue weighted by atomic mass is 79.9. The average molecular weight is 313 g/mol. The van der Waals surface area contributed by atoms with Gasteiger partial charge in [-0.15, -0.1) is 0 Å². The van der Waals surface area contributed by atoms with Crippen molar-refractivity contribution in [3.63, 3.8) is 0 Å². The van der Waals surface area contributed by atoms with Crippen molar-refractivity contribution >= 4 is 27.5 Å². The van der Waals surface area contributed by atoms with Crippen LogP contribution < -0.4 is 10.1 Å². The molecule has 1 aliphatic carbocycles. The van der Waals surface area contributed by atoms with E-state index in [1.54, 1.807) is 7.11 Å². The molecule has 0 unspecified atom stereocenters. The fourth-order valence-corrected chi connectivity index (χ4v) is 2.22. The molecule has 1 aliphatic rings. The molecule has 0 spiro atoms. The van der Waals surface area contributed by atoms with E-state index in [2.05, 4.69) is 21.2 Å². The van der Waals surface area contributed by atoms with Crippen LogP contribution in [0.15, 0.2) is 22.7 Å². The number of benzene rings is 1. The molecule has 1 aromatic carbocycles. The Labute approximate surface area is 115 Å². The van der Waals surface area contributed by atoms with E-state index in [-0.39, 0.29) is 5.91 Å². The zero-order valence-corrected chi connectivity index (χ0v) is 12.2. The number of methoxy groups -OCH3 is 1. The van der Waals surface area contributed by atoms with Crippen LogP contribution in [0.2, 0.25) is 0 Å². The van der Waals surface area contributed by atoms with Gasteiger partial charge < -0.3 is 15.0 Å². The Bertz CT molecular complexity index is 447. The summed E-state index contributed by atoms with van der Waals surface area (Å²) in [6, 6.07) is 6.13. The molecule has 0 aromatic heterocycles. The van der Waals surface area contributed by atoms with Gasteiger partial charge in [-0.3, -0.25) is 4.79 Å². The lowest BCUT2D eigenvalue weighted by Crippen LogP contribution is -2.33. The molecule has 1 amide bonds. The van der Waals surface area contributed by atoms with Crippen LogP contribution in [-0.4, -0.2) is 37.6 Å². The first-order valence-electron chi connectivity index (χ1n) is 5.94. The van der Waals surface area contributed by atoms with Crippen LogP contribution in [0.25, 0.3) is 0 Å². The summed E-state index contributed by atoms with van der Waals surface area (Å²) in [4.78, 5) is 13.7. The molecule has 0 aliphatic heterocycles. The molecule has 0 heterocycles. The van der Waals surface area contributed by atoms with Crippen molar-refractivity contribution < 1.29 is 9.53 Å². The van der Waals surface area contributed by atoms with Gasteiger partial charge in [0.2, 0.25) is 5.91 Å². The quantitative estimate of drug-likeness (QED) is 0.908. The second kappa shape index (κ2) is 5.61. The van der Waals surface area contributed by atoms with Crippen molar-refractivity contribution in [3.8, 4) is 5.75 Å². The predicted molar refractivity (Wildman–Crippen MR) is 75.0 cm³/mol. The molecular weight excluding hydrogens is 296 g/mol. The number of nitrogens with one attached hydrogen (secondary N) is 1. The van der Waals surface area contributed by atoms with Gasteiger partial charge in [0, 0.05) is 29.3 Å². The number of carbonyl (C=O) groups excluding carboxylic acids is 1. The van der Waals surface area contributed by atoms with E-state index >= 15 is 0 Å². The third-order valence-electron chi connectivity index (χ3n) is 3.04. The number of hydrogen-bond acceptors (Lipinski definition) is 3. The molecule has 0 bridgehead atoms. The van der Waals surface area contributed by atoms with E-state index in [9.17, 15) is 4.79 Å².